The number of benzene rings is 1. The largest absolute Gasteiger partial charge is 0.308 e. The van der Waals surface area contributed by atoms with Crippen LogP contribution in [0.2, 0.25) is 0 Å². The van der Waals surface area contributed by atoms with Gasteiger partial charge < -0.3 is 4.90 Å². The van der Waals surface area contributed by atoms with Crippen molar-refractivity contribution in [1.82, 2.24) is 5.01 Å². The standard InChI is InChI=1S/C12H15N3/c1-9-4-3-5-10-6-7-11-13-14(2)8-15(11)12(9)10/h3-5H,6-8H2,1-2H3. The minimum absolute atomic E-state index is 0.896. The molecule has 0 radical (unpaired) electrons. The second kappa shape index (κ2) is 2.99. The summed E-state index contributed by atoms with van der Waals surface area (Å²) in [5, 5.41) is 6.54. The molecule has 0 fully saturated rings. The number of amidine groups is 1. The molecule has 0 spiro atoms. The summed E-state index contributed by atoms with van der Waals surface area (Å²) in [5.74, 6) is 1.22. The summed E-state index contributed by atoms with van der Waals surface area (Å²) in [4.78, 5) is 2.34. The Bertz CT molecular complexity index is 436. The Labute approximate surface area is 90.0 Å². The number of hydrogen-bond acceptors (Lipinski definition) is 3. The molecule has 0 bridgehead atoms. The predicted octanol–water partition coefficient (Wildman–Crippen LogP) is 1.96. The van der Waals surface area contributed by atoms with E-state index in [0.29, 0.717) is 0 Å². The number of hydrazone groups is 1. The molecule has 0 atom stereocenters. The van der Waals surface area contributed by atoms with Gasteiger partial charge in [-0.05, 0) is 24.5 Å². The van der Waals surface area contributed by atoms with Crippen molar-refractivity contribution >= 4 is 11.5 Å². The van der Waals surface area contributed by atoms with Crippen molar-refractivity contribution in [3.05, 3.63) is 29.3 Å². The third kappa shape index (κ3) is 1.23. The first-order valence-corrected chi connectivity index (χ1v) is 5.40. The second-order valence-corrected chi connectivity index (χ2v) is 4.33. The number of rotatable bonds is 0. The molecule has 0 saturated carbocycles. The zero-order chi connectivity index (χ0) is 10.4. The summed E-state index contributed by atoms with van der Waals surface area (Å²) >= 11 is 0. The molecule has 0 saturated heterocycles. The molecule has 0 aromatic heterocycles. The van der Waals surface area contributed by atoms with Crippen molar-refractivity contribution in [2.45, 2.75) is 19.8 Å². The summed E-state index contributed by atoms with van der Waals surface area (Å²) in [6, 6.07) is 6.56. The summed E-state index contributed by atoms with van der Waals surface area (Å²) in [6.07, 6.45) is 2.20. The third-order valence-corrected chi connectivity index (χ3v) is 3.15. The van der Waals surface area contributed by atoms with Crippen LogP contribution in [-0.4, -0.2) is 24.6 Å². The van der Waals surface area contributed by atoms with Crippen molar-refractivity contribution in [3.63, 3.8) is 0 Å². The van der Waals surface area contributed by atoms with E-state index < -0.39 is 0 Å². The first kappa shape index (κ1) is 8.77. The SMILES string of the molecule is Cc1cccc2c1N1CN(C)N=C1CC2. The lowest BCUT2D eigenvalue weighted by Gasteiger charge is -2.29. The molecule has 15 heavy (non-hydrogen) atoms. The maximum absolute atomic E-state index is 4.53. The van der Waals surface area contributed by atoms with Gasteiger partial charge in [0.2, 0.25) is 0 Å². The van der Waals surface area contributed by atoms with Crippen molar-refractivity contribution in [3.8, 4) is 0 Å². The number of aryl methyl sites for hydroxylation is 2. The molecule has 2 aliphatic rings. The highest BCUT2D eigenvalue weighted by Crippen LogP contribution is 2.33. The Kier molecular flexibility index (Phi) is 1.75. The smallest absolute Gasteiger partial charge is 0.131 e. The Hall–Kier alpha value is -1.51. The topological polar surface area (TPSA) is 18.8 Å². The van der Waals surface area contributed by atoms with Gasteiger partial charge in [-0.25, -0.2) is 0 Å². The summed E-state index contributed by atoms with van der Waals surface area (Å²) in [5.41, 5.74) is 4.20. The van der Waals surface area contributed by atoms with Gasteiger partial charge in [0, 0.05) is 13.5 Å². The zero-order valence-electron chi connectivity index (χ0n) is 9.20. The van der Waals surface area contributed by atoms with Crippen LogP contribution in [-0.2, 0) is 6.42 Å². The van der Waals surface area contributed by atoms with E-state index in [1.165, 1.54) is 22.6 Å². The third-order valence-electron chi connectivity index (χ3n) is 3.15. The maximum atomic E-state index is 4.53. The van der Waals surface area contributed by atoms with Crippen molar-refractivity contribution in [2.24, 2.45) is 5.10 Å². The Morgan fingerprint density at radius 1 is 1.27 bits per heavy atom. The van der Waals surface area contributed by atoms with Crippen LogP contribution in [0.3, 0.4) is 0 Å². The molecule has 0 unspecified atom stereocenters. The lowest BCUT2D eigenvalue weighted by molar-refractivity contribution is 0.393. The molecule has 0 N–H and O–H groups in total. The van der Waals surface area contributed by atoms with Gasteiger partial charge in [0.25, 0.3) is 0 Å². The number of hydrogen-bond donors (Lipinski definition) is 0. The fourth-order valence-corrected chi connectivity index (χ4v) is 2.51. The minimum Gasteiger partial charge on any atom is -0.308 e. The highest BCUT2D eigenvalue weighted by atomic mass is 15.6. The summed E-state index contributed by atoms with van der Waals surface area (Å²) in [6.45, 7) is 3.08. The Balaban J connectivity index is 2.13. The predicted molar refractivity (Wildman–Crippen MR) is 62.0 cm³/mol. The van der Waals surface area contributed by atoms with Crippen LogP contribution in [0.15, 0.2) is 23.3 Å². The van der Waals surface area contributed by atoms with Gasteiger partial charge in [-0.3, -0.25) is 5.01 Å². The molecule has 3 rings (SSSR count). The molecular formula is C12H15N3. The second-order valence-electron chi connectivity index (χ2n) is 4.33. The fraction of sp³-hybridized carbons (Fsp3) is 0.417. The van der Waals surface area contributed by atoms with Crippen molar-refractivity contribution < 1.29 is 0 Å². The number of para-hydroxylation sites is 1. The van der Waals surface area contributed by atoms with Gasteiger partial charge in [-0.15, -0.1) is 0 Å². The molecule has 78 valence electrons. The lowest BCUT2D eigenvalue weighted by atomic mass is 9.98. The van der Waals surface area contributed by atoms with Gasteiger partial charge >= 0.3 is 0 Å². The number of fused-ring (bicyclic) bond motifs is 3. The van der Waals surface area contributed by atoms with E-state index in [-0.39, 0.29) is 0 Å². The normalized spacial score (nSPS) is 18.7. The average molecular weight is 201 g/mol. The van der Waals surface area contributed by atoms with E-state index in [9.17, 15) is 0 Å². The van der Waals surface area contributed by atoms with E-state index in [1.54, 1.807) is 0 Å². The van der Waals surface area contributed by atoms with Crippen LogP contribution in [0.4, 0.5) is 5.69 Å². The van der Waals surface area contributed by atoms with E-state index in [0.717, 1.165) is 19.5 Å². The summed E-state index contributed by atoms with van der Waals surface area (Å²) < 4.78 is 0. The number of anilines is 1. The van der Waals surface area contributed by atoms with Gasteiger partial charge in [0.1, 0.15) is 12.5 Å². The fourth-order valence-electron chi connectivity index (χ4n) is 2.51. The monoisotopic (exact) mass is 201 g/mol. The summed E-state index contributed by atoms with van der Waals surface area (Å²) in [7, 11) is 2.03. The van der Waals surface area contributed by atoms with Crippen molar-refractivity contribution in [1.29, 1.82) is 0 Å². The molecule has 0 amide bonds. The van der Waals surface area contributed by atoms with Crippen LogP contribution in [0.5, 0.6) is 0 Å². The Morgan fingerprint density at radius 2 is 2.13 bits per heavy atom. The van der Waals surface area contributed by atoms with Gasteiger partial charge in [-0.1, -0.05) is 18.2 Å². The molecule has 3 nitrogen and oxygen atoms in total. The average Bonchev–Trinajstić information content (AvgIpc) is 2.58. The van der Waals surface area contributed by atoms with E-state index in [4.69, 9.17) is 0 Å². The number of nitrogens with zero attached hydrogens (tertiary/aromatic N) is 3. The van der Waals surface area contributed by atoms with E-state index in [2.05, 4.69) is 35.1 Å². The molecular weight excluding hydrogens is 186 g/mol. The molecule has 1 aromatic carbocycles. The molecule has 1 aromatic rings. The van der Waals surface area contributed by atoms with Gasteiger partial charge in [0.15, 0.2) is 0 Å². The maximum Gasteiger partial charge on any atom is 0.131 e. The van der Waals surface area contributed by atoms with Gasteiger partial charge in [-0.2, -0.15) is 5.10 Å². The van der Waals surface area contributed by atoms with Crippen LogP contribution >= 0.6 is 0 Å². The zero-order valence-corrected chi connectivity index (χ0v) is 9.20. The first-order valence-electron chi connectivity index (χ1n) is 5.40. The van der Waals surface area contributed by atoms with Gasteiger partial charge in [0.05, 0.1) is 5.69 Å². The quantitative estimate of drug-likeness (QED) is 0.639. The van der Waals surface area contributed by atoms with Crippen LogP contribution in [0.25, 0.3) is 0 Å². The Morgan fingerprint density at radius 3 is 3.00 bits per heavy atom. The molecule has 3 heteroatoms. The first-order chi connectivity index (χ1) is 7.25. The molecule has 0 aliphatic carbocycles. The molecule has 2 aliphatic heterocycles. The van der Waals surface area contributed by atoms with E-state index >= 15 is 0 Å². The van der Waals surface area contributed by atoms with Crippen LogP contribution in [0.1, 0.15) is 17.5 Å². The van der Waals surface area contributed by atoms with Crippen molar-refractivity contribution in [2.75, 3.05) is 18.6 Å². The minimum atomic E-state index is 0.896. The van der Waals surface area contributed by atoms with Crippen LogP contribution in [0, 0.1) is 6.92 Å². The molecule has 2 heterocycles. The highest BCUT2D eigenvalue weighted by molar-refractivity contribution is 6.02. The highest BCUT2D eigenvalue weighted by Gasteiger charge is 2.28. The van der Waals surface area contributed by atoms with Crippen LogP contribution < -0.4 is 4.90 Å². The van der Waals surface area contributed by atoms with E-state index in [1.807, 2.05) is 12.1 Å². The lowest BCUT2D eigenvalue weighted by Crippen LogP contribution is -2.34.